The minimum Gasteiger partial charge on any atom is -0.497 e. The van der Waals surface area contributed by atoms with E-state index in [1.54, 1.807) is 7.11 Å². The van der Waals surface area contributed by atoms with Crippen molar-refractivity contribution < 1.29 is 14.3 Å². The molecule has 5 nitrogen and oxygen atoms in total. The number of H-pyrrole nitrogens is 1. The number of aromatic nitrogens is 1. The molecular weight excluding hydrogens is 436 g/mol. The highest BCUT2D eigenvalue weighted by Crippen LogP contribution is 2.40. The standard InChI is InChI=1S/C30H32N2O3/c1-3-4-10-28(33)32-18-17-25-26-19-24(34-2)15-16-27(26)31-29(25)30(32)22-11-13-23(14-12-22)35-20-21-8-6-5-7-9-21/h5-9,11-16,19,30-31H,3-4,10,17-18,20H2,1-2H3. The van der Waals surface area contributed by atoms with E-state index in [1.807, 2.05) is 41.3 Å². The van der Waals surface area contributed by atoms with Gasteiger partial charge in [-0.15, -0.1) is 0 Å². The number of hydrogen-bond acceptors (Lipinski definition) is 3. The molecule has 0 saturated carbocycles. The highest BCUT2D eigenvalue weighted by molar-refractivity contribution is 5.88. The van der Waals surface area contributed by atoms with E-state index in [-0.39, 0.29) is 11.9 Å². The zero-order valence-electron chi connectivity index (χ0n) is 20.4. The molecule has 1 aromatic heterocycles. The van der Waals surface area contributed by atoms with Crippen molar-refractivity contribution in [2.24, 2.45) is 0 Å². The van der Waals surface area contributed by atoms with Crippen LogP contribution in [0.4, 0.5) is 0 Å². The summed E-state index contributed by atoms with van der Waals surface area (Å²) in [5, 5.41) is 1.17. The van der Waals surface area contributed by atoms with E-state index in [0.29, 0.717) is 19.6 Å². The Morgan fingerprint density at radius 3 is 2.54 bits per heavy atom. The molecule has 0 radical (unpaired) electrons. The van der Waals surface area contributed by atoms with Crippen molar-refractivity contribution in [3.8, 4) is 11.5 Å². The fraction of sp³-hybridized carbons (Fsp3) is 0.300. The van der Waals surface area contributed by atoms with Crippen molar-refractivity contribution >= 4 is 16.8 Å². The fourth-order valence-electron chi connectivity index (χ4n) is 4.97. The van der Waals surface area contributed by atoms with Crippen molar-refractivity contribution in [1.82, 2.24) is 9.88 Å². The number of hydrogen-bond donors (Lipinski definition) is 1. The number of unbranched alkanes of at least 4 members (excludes halogenated alkanes) is 1. The minimum absolute atomic E-state index is 0.148. The van der Waals surface area contributed by atoms with Crippen LogP contribution in [-0.2, 0) is 17.8 Å². The summed E-state index contributed by atoms with van der Waals surface area (Å²) < 4.78 is 11.5. The predicted molar refractivity (Wildman–Crippen MR) is 139 cm³/mol. The smallest absolute Gasteiger partial charge is 0.223 e. The number of nitrogens with one attached hydrogen (secondary N) is 1. The van der Waals surface area contributed by atoms with Crippen LogP contribution in [0.2, 0.25) is 0 Å². The van der Waals surface area contributed by atoms with Gasteiger partial charge in [0.2, 0.25) is 5.91 Å². The quantitative estimate of drug-likeness (QED) is 0.325. The van der Waals surface area contributed by atoms with Crippen LogP contribution >= 0.6 is 0 Å². The van der Waals surface area contributed by atoms with Crippen molar-refractivity contribution in [3.63, 3.8) is 0 Å². The molecule has 35 heavy (non-hydrogen) atoms. The van der Waals surface area contributed by atoms with Crippen molar-refractivity contribution in [1.29, 1.82) is 0 Å². The average molecular weight is 469 g/mol. The summed E-state index contributed by atoms with van der Waals surface area (Å²) in [5.74, 6) is 1.87. The number of methoxy groups -OCH3 is 1. The number of rotatable bonds is 8. The van der Waals surface area contributed by atoms with Gasteiger partial charge in [0.25, 0.3) is 0 Å². The van der Waals surface area contributed by atoms with E-state index < -0.39 is 0 Å². The van der Waals surface area contributed by atoms with Crippen molar-refractivity contribution in [2.45, 2.75) is 45.3 Å². The van der Waals surface area contributed by atoms with Gasteiger partial charge in [0.1, 0.15) is 18.1 Å². The monoisotopic (exact) mass is 468 g/mol. The maximum absolute atomic E-state index is 13.3. The Labute approximate surface area is 206 Å². The van der Waals surface area contributed by atoms with Crippen LogP contribution in [0.25, 0.3) is 10.9 Å². The molecule has 4 aromatic rings. The second-order valence-corrected chi connectivity index (χ2v) is 9.12. The molecule has 1 amide bonds. The van der Waals surface area contributed by atoms with Gasteiger partial charge in [0.05, 0.1) is 13.2 Å². The first kappa shape index (κ1) is 23.0. The second-order valence-electron chi connectivity index (χ2n) is 9.12. The van der Waals surface area contributed by atoms with Crippen LogP contribution in [0.5, 0.6) is 11.5 Å². The lowest BCUT2D eigenvalue weighted by Crippen LogP contribution is -2.40. The van der Waals surface area contributed by atoms with Gasteiger partial charge in [-0.3, -0.25) is 4.79 Å². The molecule has 1 N–H and O–H groups in total. The molecule has 1 aliphatic heterocycles. The number of fused-ring (bicyclic) bond motifs is 3. The van der Waals surface area contributed by atoms with E-state index in [0.717, 1.165) is 53.1 Å². The molecule has 0 aliphatic carbocycles. The Morgan fingerprint density at radius 1 is 1.03 bits per heavy atom. The summed E-state index contributed by atoms with van der Waals surface area (Å²) in [5.41, 5.74) is 5.66. The number of carbonyl (C=O) groups is 1. The number of carbonyl (C=O) groups excluding carboxylic acids is 1. The maximum Gasteiger partial charge on any atom is 0.223 e. The minimum atomic E-state index is -0.148. The number of nitrogens with zero attached hydrogens (tertiary/aromatic N) is 1. The Bertz CT molecular complexity index is 1290. The highest BCUT2D eigenvalue weighted by atomic mass is 16.5. The summed E-state index contributed by atoms with van der Waals surface area (Å²) in [6, 6.07) is 24.3. The van der Waals surface area contributed by atoms with Gasteiger partial charge >= 0.3 is 0 Å². The van der Waals surface area contributed by atoms with Gasteiger partial charge in [-0.25, -0.2) is 0 Å². The summed E-state index contributed by atoms with van der Waals surface area (Å²) in [6.45, 7) is 3.36. The summed E-state index contributed by atoms with van der Waals surface area (Å²) in [4.78, 5) is 18.9. The van der Waals surface area contributed by atoms with Crippen molar-refractivity contribution in [3.05, 3.63) is 95.2 Å². The van der Waals surface area contributed by atoms with Crippen LogP contribution in [0.3, 0.4) is 0 Å². The van der Waals surface area contributed by atoms with Gasteiger partial charge in [-0.1, -0.05) is 55.8 Å². The molecular formula is C30H32N2O3. The third-order valence-corrected chi connectivity index (χ3v) is 6.84. The first-order valence-electron chi connectivity index (χ1n) is 12.4. The van der Waals surface area contributed by atoms with E-state index >= 15 is 0 Å². The molecule has 3 aromatic carbocycles. The lowest BCUT2D eigenvalue weighted by atomic mass is 9.92. The van der Waals surface area contributed by atoms with E-state index in [2.05, 4.69) is 48.3 Å². The van der Waals surface area contributed by atoms with Crippen LogP contribution in [0, 0.1) is 0 Å². The zero-order valence-corrected chi connectivity index (χ0v) is 20.4. The van der Waals surface area contributed by atoms with Crippen LogP contribution in [0.15, 0.2) is 72.8 Å². The Balaban J connectivity index is 1.47. The maximum atomic E-state index is 13.3. The molecule has 1 aliphatic rings. The molecule has 0 fully saturated rings. The first-order chi connectivity index (χ1) is 17.2. The van der Waals surface area contributed by atoms with Gasteiger partial charge in [-0.05, 0) is 59.9 Å². The number of benzene rings is 3. The predicted octanol–water partition coefficient (Wildman–Crippen LogP) is 6.42. The van der Waals surface area contributed by atoms with Crippen molar-refractivity contribution in [2.75, 3.05) is 13.7 Å². The molecule has 5 rings (SSSR count). The molecule has 0 bridgehead atoms. The normalized spacial score (nSPS) is 15.1. The molecule has 5 heteroatoms. The summed E-state index contributed by atoms with van der Waals surface area (Å²) in [6.07, 6.45) is 3.32. The second kappa shape index (κ2) is 10.3. The fourth-order valence-corrected chi connectivity index (χ4v) is 4.97. The van der Waals surface area contributed by atoms with Crippen LogP contribution < -0.4 is 9.47 Å². The lowest BCUT2D eigenvalue weighted by Gasteiger charge is -2.36. The molecule has 2 heterocycles. The molecule has 1 atom stereocenters. The highest BCUT2D eigenvalue weighted by Gasteiger charge is 2.34. The Kier molecular flexibility index (Phi) is 6.75. The molecule has 1 unspecified atom stereocenters. The van der Waals surface area contributed by atoms with Crippen LogP contribution in [-0.4, -0.2) is 29.4 Å². The number of aromatic amines is 1. The van der Waals surface area contributed by atoms with E-state index in [9.17, 15) is 4.79 Å². The lowest BCUT2D eigenvalue weighted by molar-refractivity contribution is -0.133. The van der Waals surface area contributed by atoms with E-state index in [1.165, 1.54) is 10.9 Å². The average Bonchev–Trinajstić information content (AvgIpc) is 3.28. The van der Waals surface area contributed by atoms with Crippen LogP contribution in [0.1, 0.15) is 54.6 Å². The summed E-state index contributed by atoms with van der Waals surface area (Å²) in [7, 11) is 1.69. The third-order valence-electron chi connectivity index (χ3n) is 6.84. The topological polar surface area (TPSA) is 54.6 Å². The van der Waals surface area contributed by atoms with Gasteiger partial charge < -0.3 is 19.4 Å². The van der Waals surface area contributed by atoms with Gasteiger partial charge in [0.15, 0.2) is 0 Å². The largest absolute Gasteiger partial charge is 0.497 e. The number of amides is 1. The summed E-state index contributed by atoms with van der Waals surface area (Å²) >= 11 is 0. The Hall–Kier alpha value is -3.73. The number of ether oxygens (including phenoxy) is 2. The molecule has 0 spiro atoms. The van der Waals surface area contributed by atoms with Gasteiger partial charge in [-0.2, -0.15) is 0 Å². The SMILES string of the molecule is CCCCC(=O)N1CCc2c([nH]c3ccc(OC)cc23)C1c1ccc(OCc2ccccc2)cc1. The molecule has 0 saturated heterocycles. The van der Waals surface area contributed by atoms with E-state index in [4.69, 9.17) is 9.47 Å². The van der Waals surface area contributed by atoms with Gasteiger partial charge in [0, 0.05) is 29.6 Å². The Morgan fingerprint density at radius 2 is 1.80 bits per heavy atom. The first-order valence-corrected chi connectivity index (χ1v) is 12.4. The zero-order chi connectivity index (χ0) is 24.2. The third kappa shape index (κ3) is 4.76. The molecule has 180 valence electrons.